The molecule has 0 bridgehead atoms. The van der Waals surface area contributed by atoms with Gasteiger partial charge >= 0.3 is 8.56 Å². The van der Waals surface area contributed by atoms with Crippen LogP contribution in [0.4, 0.5) is 0 Å². The maximum absolute atomic E-state index is 6.63. The first-order valence-corrected chi connectivity index (χ1v) is 10.9. The quantitative estimate of drug-likeness (QED) is 0.554. The fraction of sp³-hybridized carbons (Fsp3) is 0.600. The molecule has 0 aromatic rings. The summed E-state index contributed by atoms with van der Waals surface area (Å²) in [5.74, 6) is 1.04. The monoisotopic (exact) mass is 332 g/mol. The molecule has 0 aromatic heterocycles. The third-order valence-corrected chi connectivity index (χ3v) is 7.78. The van der Waals surface area contributed by atoms with E-state index in [1.54, 1.807) is 0 Å². The zero-order chi connectivity index (χ0) is 16.7. The van der Waals surface area contributed by atoms with E-state index in [2.05, 4.69) is 64.2 Å². The summed E-state index contributed by atoms with van der Waals surface area (Å²) in [6.45, 7) is 10.4. The van der Waals surface area contributed by atoms with E-state index in [-0.39, 0.29) is 0 Å². The lowest BCUT2D eigenvalue weighted by Crippen LogP contribution is -2.49. The van der Waals surface area contributed by atoms with Crippen molar-refractivity contribution < 1.29 is 8.85 Å². The Labute approximate surface area is 143 Å². The van der Waals surface area contributed by atoms with Crippen molar-refractivity contribution in [3.05, 3.63) is 46.8 Å². The molecule has 0 saturated carbocycles. The predicted molar refractivity (Wildman–Crippen MR) is 100 cm³/mol. The highest BCUT2D eigenvalue weighted by molar-refractivity contribution is 6.82. The third-order valence-electron chi connectivity index (χ3n) is 4.11. The van der Waals surface area contributed by atoms with Crippen LogP contribution in [0.25, 0.3) is 0 Å². The lowest BCUT2D eigenvalue weighted by molar-refractivity contribution is 0.149. The first kappa shape index (κ1) is 18.4. The van der Waals surface area contributed by atoms with E-state index in [4.69, 9.17) is 8.85 Å². The van der Waals surface area contributed by atoms with Crippen molar-refractivity contribution in [1.82, 2.24) is 0 Å². The van der Waals surface area contributed by atoms with Gasteiger partial charge in [0, 0.05) is 13.2 Å². The highest BCUT2D eigenvalue weighted by Gasteiger charge is 2.46. The van der Waals surface area contributed by atoms with Crippen molar-refractivity contribution in [1.29, 1.82) is 0 Å². The topological polar surface area (TPSA) is 18.5 Å². The molecular weight excluding hydrogens is 300 g/mol. The summed E-state index contributed by atoms with van der Waals surface area (Å²) in [7, 11) is -2.50. The van der Waals surface area contributed by atoms with Gasteiger partial charge in [-0.15, -0.1) is 0 Å². The molecular formula is C20H32O2Si. The van der Waals surface area contributed by atoms with Crippen molar-refractivity contribution in [2.75, 3.05) is 13.2 Å². The molecule has 2 aliphatic carbocycles. The highest BCUT2D eigenvalue weighted by atomic mass is 28.4. The van der Waals surface area contributed by atoms with Crippen LogP contribution in [0.15, 0.2) is 46.8 Å². The zero-order valence-corrected chi connectivity index (χ0v) is 16.2. The molecule has 2 nitrogen and oxygen atoms in total. The van der Waals surface area contributed by atoms with E-state index in [0.29, 0.717) is 11.8 Å². The Bertz CT molecular complexity index is 452. The molecule has 128 valence electrons. The van der Waals surface area contributed by atoms with Crippen molar-refractivity contribution in [2.24, 2.45) is 11.8 Å². The number of hydrogen-bond donors (Lipinski definition) is 0. The Hall–Kier alpha value is -0.903. The van der Waals surface area contributed by atoms with Crippen LogP contribution in [-0.2, 0) is 8.85 Å². The molecule has 0 heterocycles. The van der Waals surface area contributed by atoms with E-state index in [1.165, 1.54) is 10.4 Å². The van der Waals surface area contributed by atoms with Crippen molar-refractivity contribution >= 4 is 8.56 Å². The highest BCUT2D eigenvalue weighted by Crippen LogP contribution is 2.36. The maximum Gasteiger partial charge on any atom is 0.398 e. The number of rotatable bonds is 8. The maximum atomic E-state index is 6.63. The molecule has 0 spiro atoms. The van der Waals surface area contributed by atoms with E-state index in [0.717, 1.165) is 38.9 Å². The van der Waals surface area contributed by atoms with E-state index in [9.17, 15) is 0 Å². The van der Waals surface area contributed by atoms with Crippen molar-refractivity contribution in [3.8, 4) is 0 Å². The van der Waals surface area contributed by atoms with Gasteiger partial charge in [0.15, 0.2) is 0 Å². The smallest absolute Gasteiger partial charge is 0.388 e. The second-order valence-electron chi connectivity index (χ2n) is 7.34. The zero-order valence-electron chi connectivity index (χ0n) is 15.2. The molecule has 0 amide bonds. The third kappa shape index (κ3) is 5.03. The van der Waals surface area contributed by atoms with Crippen LogP contribution < -0.4 is 0 Å². The summed E-state index contributed by atoms with van der Waals surface area (Å²) < 4.78 is 13.3. The fourth-order valence-electron chi connectivity index (χ4n) is 2.94. The molecule has 0 radical (unpaired) electrons. The van der Waals surface area contributed by atoms with Crippen LogP contribution >= 0.6 is 0 Å². The van der Waals surface area contributed by atoms with Crippen molar-refractivity contribution in [2.45, 2.75) is 53.4 Å². The van der Waals surface area contributed by atoms with Gasteiger partial charge in [0.25, 0.3) is 0 Å². The van der Waals surface area contributed by atoms with Gasteiger partial charge in [-0.2, -0.15) is 0 Å². The van der Waals surface area contributed by atoms with Gasteiger partial charge in [0.2, 0.25) is 0 Å². The first-order valence-electron chi connectivity index (χ1n) is 9.05. The van der Waals surface area contributed by atoms with Gasteiger partial charge in [-0.3, -0.25) is 0 Å². The van der Waals surface area contributed by atoms with E-state index in [1.807, 2.05) is 0 Å². The summed E-state index contributed by atoms with van der Waals surface area (Å²) >= 11 is 0. The molecule has 2 rings (SSSR count). The summed E-state index contributed by atoms with van der Waals surface area (Å²) in [4.78, 5) is 0. The summed E-state index contributed by atoms with van der Waals surface area (Å²) in [5.41, 5.74) is 0. The largest absolute Gasteiger partial charge is 0.398 e. The minimum atomic E-state index is -2.50. The van der Waals surface area contributed by atoms with Gasteiger partial charge in [-0.1, -0.05) is 64.2 Å². The predicted octanol–water partition coefficient (Wildman–Crippen LogP) is 5.41. The number of allylic oxidation sites excluding steroid dienone is 8. The van der Waals surface area contributed by atoms with Crippen LogP contribution in [-0.4, -0.2) is 21.8 Å². The molecule has 0 aliphatic heterocycles. The molecule has 0 N–H and O–H groups in total. The average Bonchev–Trinajstić information content (AvgIpc) is 2.56. The van der Waals surface area contributed by atoms with Crippen LogP contribution in [0.2, 0.25) is 0 Å². The normalized spacial score (nSPS) is 18.5. The van der Waals surface area contributed by atoms with Gasteiger partial charge < -0.3 is 8.85 Å². The van der Waals surface area contributed by atoms with Crippen LogP contribution in [0.1, 0.15) is 53.4 Å². The summed E-state index contributed by atoms with van der Waals surface area (Å²) in [5, 5.41) is 2.81. The molecule has 0 saturated heterocycles. The summed E-state index contributed by atoms with van der Waals surface area (Å²) in [6.07, 6.45) is 17.7. The van der Waals surface area contributed by atoms with Gasteiger partial charge in [0.1, 0.15) is 0 Å². The number of hydrogen-bond acceptors (Lipinski definition) is 2. The van der Waals surface area contributed by atoms with Gasteiger partial charge in [-0.05, 0) is 47.9 Å². The Morgan fingerprint density at radius 3 is 1.57 bits per heavy atom. The Kier molecular flexibility index (Phi) is 7.06. The minimum absolute atomic E-state index is 0.518. The van der Waals surface area contributed by atoms with Crippen molar-refractivity contribution in [3.63, 3.8) is 0 Å². The average molecular weight is 333 g/mol. The first-order chi connectivity index (χ1) is 11.0. The molecule has 0 atom stereocenters. The van der Waals surface area contributed by atoms with Crippen LogP contribution in [0.5, 0.6) is 0 Å². The Morgan fingerprint density at radius 2 is 1.26 bits per heavy atom. The lowest BCUT2D eigenvalue weighted by atomic mass is 10.2. The lowest BCUT2D eigenvalue weighted by Gasteiger charge is -2.37. The van der Waals surface area contributed by atoms with Gasteiger partial charge in [0.05, 0.1) is 0 Å². The second-order valence-corrected chi connectivity index (χ2v) is 10.4. The Balaban J connectivity index is 2.37. The summed E-state index contributed by atoms with van der Waals surface area (Å²) in [6, 6.07) is 0. The second kappa shape index (κ2) is 8.81. The van der Waals surface area contributed by atoms with E-state index >= 15 is 0 Å². The molecule has 0 aromatic carbocycles. The van der Waals surface area contributed by atoms with Gasteiger partial charge in [-0.25, -0.2) is 0 Å². The molecule has 23 heavy (non-hydrogen) atoms. The molecule has 3 heteroatoms. The standard InChI is InChI=1S/C20H32O2Si/c1-17(2)15-21-23(22-16-18(3)4,19-11-7-5-8-12-19)20-13-9-6-10-14-20/h5-7,9,11,13,17-18H,8,10,12,14-16H2,1-4H3. The molecule has 2 aliphatic rings. The van der Waals surface area contributed by atoms with Crippen LogP contribution in [0.3, 0.4) is 0 Å². The Morgan fingerprint density at radius 1 is 0.826 bits per heavy atom. The van der Waals surface area contributed by atoms with Crippen LogP contribution in [0, 0.1) is 11.8 Å². The fourth-order valence-corrected chi connectivity index (χ4v) is 6.89. The SMILES string of the molecule is CC(C)CO[Si](OCC(C)C)(C1=CC=CCC1)C1=CC=CCC1. The molecule has 0 unspecified atom stereocenters. The molecule has 0 fully saturated rings. The van der Waals surface area contributed by atoms with E-state index < -0.39 is 8.56 Å². The minimum Gasteiger partial charge on any atom is -0.388 e.